The zero-order valence-corrected chi connectivity index (χ0v) is 7.52. The summed E-state index contributed by atoms with van der Waals surface area (Å²) < 4.78 is 24.7. The minimum Gasteiger partial charge on any atom is -0.388 e. The average molecular weight is 191 g/mol. The summed E-state index contributed by atoms with van der Waals surface area (Å²) in [5.74, 6) is 0.00787. The van der Waals surface area contributed by atoms with Crippen LogP contribution < -0.4 is 10.5 Å². The van der Waals surface area contributed by atoms with Crippen LogP contribution >= 0.6 is 0 Å². The van der Waals surface area contributed by atoms with E-state index in [0.717, 1.165) is 12.8 Å². The molecule has 0 unspecified atom stereocenters. The van der Waals surface area contributed by atoms with Crippen molar-refractivity contribution in [3.8, 4) is 0 Å². The molecule has 0 saturated heterocycles. The van der Waals surface area contributed by atoms with E-state index < -0.39 is 10.0 Å². The molecule has 12 heavy (non-hydrogen) atoms. The molecule has 0 atom stereocenters. The van der Waals surface area contributed by atoms with Gasteiger partial charge in [-0.25, -0.2) is 13.1 Å². The van der Waals surface area contributed by atoms with E-state index in [1.165, 1.54) is 0 Å². The summed E-state index contributed by atoms with van der Waals surface area (Å²) in [6.07, 6.45) is 1.80. The van der Waals surface area contributed by atoms with E-state index >= 15 is 0 Å². The van der Waals surface area contributed by atoms with Crippen molar-refractivity contribution in [2.24, 2.45) is 5.73 Å². The zero-order valence-electron chi connectivity index (χ0n) is 6.71. The van der Waals surface area contributed by atoms with Crippen LogP contribution in [0.4, 0.5) is 0 Å². The third-order valence-corrected chi connectivity index (χ3v) is 3.62. The van der Waals surface area contributed by atoms with Crippen LogP contribution in [0.1, 0.15) is 19.3 Å². The predicted octanol–water partition coefficient (Wildman–Crippen LogP) is -0.606. The second-order valence-corrected chi connectivity index (χ2v) is 4.96. The number of hydrogen-bond acceptors (Lipinski definition) is 3. The van der Waals surface area contributed by atoms with Crippen LogP contribution in [0, 0.1) is 5.41 Å². The molecule has 0 heterocycles. The highest BCUT2D eigenvalue weighted by molar-refractivity contribution is 7.90. The topological polar surface area (TPSA) is 96.0 Å². The Hall–Kier alpha value is -0.620. The molecule has 0 radical (unpaired) electrons. The highest BCUT2D eigenvalue weighted by Gasteiger charge is 2.35. The SMILES string of the molecule is N=C(N)CCNS(=O)(=O)C1CC1. The van der Waals surface area contributed by atoms with Crippen molar-refractivity contribution in [2.45, 2.75) is 24.5 Å². The maximum Gasteiger partial charge on any atom is 0.214 e. The molecular formula is C6H13N3O2S. The van der Waals surface area contributed by atoms with Crippen molar-refractivity contribution >= 4 is 15.9 Å². The number of hydrogen-bond donors (Lipinski definition) is 3. The fourth-order valence-corrected chi connectivity index (χ4v) is 2.20. The van der Waals surface area contributed by atoms with Gasteiger partial charge < -0.3 is 5.73 Å². The monoisotopic (exact) mass is 191 g/mol. The van der Waals surface area contributed by atoms with Gasteiger partial charge in [-0.1, -0.05) is 0 Å². The van der Waals surface area contributed by atoms with Crippen LogP contribution in [0.5, 0.6) is 0 Å². The molecule has 0 aromatic rings. The molecule has 1 aliphatic rings. The second-order valence-electron chi connectivity index (χ2n) is 2.91. The Labute approximate surface area is 71.9 Å². The summed E-state index contributed by atoms with van der Waals surface area (Å²) in [6.45, 7) is 0.244. The molecule has 0 aromatic carbocycles. The van der Waals surface area contributed by atoms with Crippen molar-refractivity contribution in [1.29, 1.82) is 5.41 Å². The van der Waals surface area contributed by atoms with Crippen LogP contribution in [0.25, 0.3) is 0 Å². The fourth-order valence-electron chi connectivity index (χ4n) is 0.824. The maximum absolute atomic E-state index is 11.2. The van der Waals surface area contributed by atoms with Crippen molar-refractivity contribution in [2.75, 3.05) is 6.54 Å². The van der Waals surface area contributed by atoms with Crippen molar-refractivity contribution in [3.63, 3.8) is 0 Å². The van der Waals surface area contributed by atoms with E-state index in [9.17, 15) is 8.42 Å². The molecule has 1 aliphatic carbocycles. The Kier molecular flexibility index (Phi) is 2.69. The van der Waals surface area contributed by atoms with Crippen molar-refractivity contribution in [1.82, 2.24) is 4.72 Å². The van der Waals surface area contributed by atoms with Crippen molar-refractivity contribution in [3.05, 3.63) is 0 Å². The van der Waals surface area contributed by atoms with Crippen LogP contribution in [0.3, 0.4) is 0 Å². The molecule has 0 aliphatic heterocycles. The average Bonchev–Trinajstić information content (AvgIpc) is 2.65. The van der Waals surface area contributed by atoms with E-state index in [1.54, 1.807) is 0 Å². The van der Waals surface area contributed by atoms with Crippen molar-refractivity contribution < 1.29 is 8.42 Å². The van der Waals surface area contributed by atoms with Gasteiger partial charge in [-0.2, -0.15) is 0 Å². The highest BCUT2D eigenvalue weighted by atomic mass is 32.2. The molecule has 0 spiro atoms. The molecule has 6 heteroatoms. The van der Waals surface area contributed by atoms with E-state index in [1.807, 2.05) is 0 Å². The summed E-state index contributed by atoms with van der Waals surface area (Å²) in [5.41, 5.74) is 5.06. The van der Waals surface area contributed by atoms with Gasteiger partial charge in [0.1, 0.15) is 0 Å². The number of amidine groups is 1. The first kappa shape index (κ1) is 9.47. The standard InChI is InChI=1S/C6H13N3O2S/c7-6(8)3-4-9-12(10,11)5-1-2-5/h5,9H,1-4H2,(H3,7,8). The lowest BCUT2D eigenvalue weighted by molar-refractivity contribution is 0.581. The number of rotatable bonds is 5. The molecule has 1 fully saturated rings. The van der Waals surface area contributed by atoms with Crippen LogP contribution in [0.15, 0.2) is 0 Å². The van der Waals surface area contributed by atoms with Gasteiger partial charge in [0.05, 0.1) is 11.1 Å². The van der Waals surface area contributed by atoms with Gasteiger partial charge in [-0.15, -0.1) is 0 Å². The van der Waals surface area contributed by atoms with E-state index in [0.29, 0.717) is 0 Å². The van der Waals surface area contributed by atoms with E-state index in [2.05, 4.69) is 4.72 Å². The first-order valence-electron chi connectivity index (χ1n) is 3.84. The van der Waals surface area contributed by atoms with Crippen LogP contribution in [-0.2, 0) is 10.0 Å². The molecule has 70 valence electrons. The molecule has 0 aromatic heterocycles. The van der Waals surface area contributed by atoms with Gasteiger partial charge in [0.25, 0.3) is 0 Å². The lowest BCUT2D eigenvalue weighted by Gasteiger charge is -2.03. The van der Waals surface area contributed by atoms with E-state index in [-0.39, 0.29) is 24.1 Å². The summed E-state index contributed by atoms with van der Waals surface area (Å²) in [7, 11) is -3.08. The quantitative estimate of drug-likeness (QED) is 0.399. The van der Waals surface area contributed by atoms with Gasteiger partial charge in [0, 0.05) is 13.0 Å². The number of nitrogens with one attached hydrogen (secondary N) is 2. The highest BCUT2D eigenvalue weighted by Crippen LogP contribution is 2.27. The molecule has 0 bridgehead atoms. The summed E-state index contributed by atoms with van der Waals surface area (Å²) in [4.78, 5) is 0. The molecule has 0 amide bonds. The first-order chi connectivity index (χ1) is 5.52. The Bertz CT molecular complexity index is 269. The van der Waals surface area contributed by atoms with Crippen LogP contribution in [-0.4, -0.2) is 26.0 Å². The first-order valence-corrected chi connectivity index (χ1v) is 5.38. The normalized spacial score (nSPS) is 17.7. The predicted molar refractivity (Wildman–Crippen MR) is 46.5 cm³/mol. The summed E-state index contributed by atoms with van der Waals surface area (Å²) in [5, 5.41) is 6.68. The van der Waals surface area contributed by atoms with Gasteiger partial charge in [-0.3, -0.25) is 5.41 Å². The summed E-state index contributed by atoms with van der Waals surface area (Å²) in [6, 6.07) is 0. The van der Waals surface area contributed by atoms with Gasteiger partial charge in [0.15, 0.2) is 0 Å². The minimum absolute atomic E-state index is 0.00787. The molecule has 5 nitrogen and oxygen atoms in total. The fraction of sp³-hybridized carbons (Fsp3) is 0.833. The smallest absolute Gasteiger partial charge is 0.214 e. The van der Waals surface area contributed by atoms with Crippen LogP contribution in [0.2, 0.25) is 0 Å². The molecule has 1 rings (SSSR count). The zero-order chi connectivity index (χ0) is 9.19. The molecular weight excluding hydrogens is 178 g/mol. The van der Waals surface area contributed by atoms with Gasteiger partial charge in [0.2, 0.25) is 10.0 Å². The lowest BCUT2D eigenvalue weighted by Crippen LogP contribution is -2.30. The Morgan fingerprint density at radius 2 is 2.17 bits per heavy atom. The van der Waals surface area contributed by atoms with E-state index in [4.69, 9.17) is 11.1 Å². The largest absolute Gasteiger partial charge is 0.388 e. The number of sulfonamides is 1. The lowest BCUT2D eigenvalue weighted by atomic mass is 10.4. The third-order valence-electron chi connectivity index (χ3n) is 1.66. The molecule has 4 N–H and O–H groups in total. The second kappa shape index (κ2) is 3.40. The summed E-state index contributed by atoms with van der Waals surface area (Å²) >= 11 is 0. The maximum atomic E-state index is 11.2. The third kappa shape index (κ3) is 2.78. The minimum atomic E-state index is -3.08. The Morgan fingerprint density at radius 1 is 1.58 bits per heavy atom. The number of nitrogens with two attached hydrogens (primary N) is 1. The van der Waals surface area contributed by atoms with Gasteiger partial charge in [-0.05, 0) is 12.8 Å². The van der Waals surface area contributed by atoms with Gasteiger partial charge >= 0.3 is 0 Å². The Morgan fingerprint density at radius 3 is 2.58 bits per heavy atom. The molecule has 1 saturated carbocycles. The Balaban J connectivity index is 2.26.